The average Bonchev–Trinajstić information content (AvgIpc) is 2.97. The number of hydrogen-bond donors (Lipinski definition) is 1. The highest BCUT2D eigenvalue weighted by Gasteiger charge is 2.11. The number of hydrogen-bond acceptors (Lipinski definition) is 5. The third-order valence-corrected chi connectivity index (χ3v) is 3.15. The SMILES string of the molecule is OCc1cc(Br)cnc1-n1nnc(-c2ccccc2)n1. The first-order valence-corrected chi connectivity index (χ1v) is 6.68. The Morgan fingerprint density at radius 3 is 2.75 bits per heavy atom. The molecule has 0 aliphatic rings. The van der Waals surface area contributed by atoms with Crippen molar-refractivity contribution in [1.29, 1.82) is 0 Å². The summed E-state index contributed by atoms with van der Waals surface area (Å²) in [5, 5.41) is 21.7. The smallest absolute Gasteiger partial charge is 0.205 e. The quantitative estimate of drug-likeness (QED) is 0.794. The molecule has 0 unspecified atom stereocenters. The summed E-state index contributed by atoms with van der Waals surface area (Å²) in [7, 11) is 0. The van der Waals surface area contributed by atoms with E-state index in [0.29, 0.717) is 17.2 Å². The van der Waals surface area contributed by atoms with E-state index in [1.165, 1.54) is 4.80 Å². The van der Waals surface area contributed by atoms with Crippen molar-refractivity contribution in [3.05, 3.63) is 52.6 Å². The zero-order valence-electron chi connectivity index (χ0n) is 10.3. The van der Waals surface area contributed by atoms with Crippen LogP contribution in [0.4, 0.5) is 0 Å². The first-order valence-electron chi connectivity index (χ1n) is 5.89. The van der Waals surface area contributed by atoms with Gasteiger partial charge >= 0.3 is 0 Å². The maximum Gasteiger partial charge on any atom is 0.205 e. The van der Waals surface area contributed by atoms with Gasteiger partial charge in [-0.25, -0.2) is 4.98 Å². The van der Waals surface area contributed by atoms with E-state index in [2.05, 4.69) is 36.3 Å². The van der Waals surface area contributed by atoms with E-state index in [1.807, 2.05) is 30.3 Å². The molecule has 1 aromatic carbocycles. The largest absolute Gasteiger partial charge is 0.392 e. The second-order valence-electron chi connectivity index (χ2n) is 4.06. The van der Waals surface area contributed by atoms with Crippen LogP contribution in [0.1, 0.15) is 5.56 Å². The second-order valence-corrected chi connectivity index (χ2v) is 4.98. The van der Waals surface area contributed by atoms with Crippen LogP contribution in [0.5, 0.6) is 0 Å². The Hall–Kier alpha value is -2.12. The Bertz CT molecular complexity index is 729. The highest BCUT2D eigenvalue weighted by molar-refractivity contribution is 9.10. The molecule has 2 aromatic heterocycles. The average molecular weight is 332 g/mol. The summed E-state index contributed by atoms with van der Waals surface area (Å²) >= 11 is 3.31. The van der Waals surface area contributed by atoms with Crippen molar-refractivity contribution in [3.8, 4) is 17.2 Å². The molecule has 0 spiro atoms. The summed E-state index contributed by atoms with van der Waals surface area (Å²) in [6.45, 7) is -0.149. The van der Waals surface area contributed by atoms with E-state index in [-0.39, 0.29) is 6.61 Å². The van der Waals surface area contributed by atoms with Gasteiger partial charge in [-0.1, -0.05) is 30.3 Å². The molecule has 0 aliphatic heterocycles. The van der Waals surface area contributed by atoms with Crippen LogP contribution in [0.25, 0.3) is 17.2 Å². The molecule has 3 rings (SSSR count). The van der Waals surface area contributed by atoms with Gasteiger partial charge in [0.15, 0.2) is 5.82 Å². The Morgan fingerprint density at radius 1 is 1.20 bits per heavy atom. The van der Waals surface area contributed by atoms with Gasteiger partial charge in [-0.3, -0.25) is 0 Å². The molecule has 1 N–H and O–H groups in total. The van der Waals surface area contributed by atoms with E-state index in [4.69, 9.17) is 0 Å². The molecule has 0 fully saturated rings. The van der Waals surface area contributed by atoms with Crippen LogP contribution >= 0.6 is 15.9 Å². The van der Waals surface area contributed by atoms with Crippen molar-refractivity contribution < 1.29 is 5.11 Å². The van der Waals surface area contributed by atoms with Gasteiger partial charge in [-0.15, -0.1) is 15.0 Å². The van der Waals surface area contributed by atoms with Crippen molar-refractivity contribution in [3.63, 3.8) is 0 Å². The monoisotopic (exact) mass is 331 g/mol. The molecule has 0 amide bonds. The number of tetrazole rings is 1. The molecule has 20 heavy (non-hydrogen) atoms. The summed E-state index contributed by atoms with van der Waals surface area (Å²) in [6.07, 6.45) is 1.63. The third-order valence-electron chi connectivity index (χ3n) is 2.71. The minimum Gasteiger partial charge on any atom is -0.392 e. The summed E-state index contributed by atoms with van der Waals surface area (Å²) in [5.41, 5.74) is 1.50. The highest BCUT2D eigenvalue weighted by atomic mass is 79.9. The Kier molecular flexibility index (Phi) is 3.53. The lowest BCUT2D eigenvalue weighted by Crippen LogP contribution is -2.06. The molecular formula is C13H10BrN5O. The predicted octanol–water partition coefficient (Wildman–Crippen LogP) is 1.98. The molecular weight excluding hydrogens is 322 g/mol. The normalized spacial score (nSPS) is 10.7. The van der Waals surface area contributed by atoms with E-state index in [0.717, 1.165) is 10.0 Å². The molecule has 0 bridgehead atoms. The van der Waals surface area contributed by atoms with Crippen LogP contribution in [0, 0.1) is 0 Å². The van der Waals surface area contributed by atoms with Crippen molar-refractivity contribution in [2.24, 2.45) is 0 Å². The van der Waals surface area contributed by atoms with E-state index in [9.17, 15) is 5.11 Å². The van der Waals surface area contributed by atoms with E-state index < -0.39 is 0 Å². The molecule has 0 aliphatic carbocycles. The maximum atomic E-state index is 9.38. The molecule has 3 aromatic rings. The summed E-state index contributed by atoms with van der Waals surface area (Å²) in [6, 6.07) is 11.3. The van der Waals surface area contributed by atoms with Crippen molar-refractivity contribution in [1.82, 2.24) is 25.2 Å². The number of rotatable bonds is 3. The predicted molar refractivity (Wildman–Crippen MR) is 76.0 cm³/mol. The fraction of sp³-hybridized carbons (Fsp3) is 0.0769. The highest BCUT2D eigenvalue weighted by Crippen LogP contribution is 2.18. The molecule has 0 radical (unpaired) electrons. The second kappa shape index (κ2) is 5.48. The van der Waals surface area contributed by atoms with Crippen molar-refractivity contribution in [2.45, 2.75) is 6.61 Å². The molecule has 6 nitrogen and oxygen atoms in total. The van der Waals surface area contributed by atoms with Gasteiger partial charge < -0.3 is 5.11 Å². The van der Waals surface area contributed by atoms with E-state index >= 15 is 0 Å². The van der Waals surface area contributed by atoms with Crippen LogP contribution in [-0.2, 0) is 6.61 Å². The Morgan fingerprint density at radius 2 is 2.00 bits per heavy atom. The number of pyridine rings is 1. The number of aromatic nitrogens is 5. The van der Waals surface area contributed by atoms with Gasteiger partial charge in [-0.05, 0) is 27.2 Å². The van der Waals surface area contributed by atoms with Crippen LogP contribution in [0.2, 0.25) is 0 Å². The third kappa shape index (κ3) is 2.45. The number of nitrogens with zero attached hydrogens (tertiary/aromatic N) is 5. The Labute approximate surface area is 123 Å². The van der Waals surface area contributed by atoms with Crippen molar-refractivity contribution in [2.75, 3.05) is 0 Å². The summed E-state index contributed by atoms with van der Waals surface area (Å²) < 4.78 is 0.786. The first-order chi connectivity index (χ1) is 9.78. The van der Waals surface area contributed by atoms with E-state index in [1.54, 1.807) is 12.3 Å². The number of aliphatic hydroxyl groups is 1. The lowest BCUT2D eigenvalue weighted by molar-refractivity contribution is 0.280. The minimum absolute atomic E-state index is 0.149. The van der Waals surface area contributed by atoms with Gasteiger partial charge in [0.05, 0.1) is 6.61 Å². The zero-order chi connectivity index (χ0) is 13.9. The molecule has 0 saturated heterocycles. The van der Waals surface area contributed by atoms with Crippen molar-refractivity contribution >= 4 is 15.9 Å². The molecule has 2 heterocycles. The Balaban J connectivity index is 2.02. The molecule has 7 heteroatoms. The topological polar surface area (TPSA) is 76.7 Å². The summed E-state index contributed by atoms with van der Waals surface area (Å²) in [5.74, 6) is 0.976. The first kappa shape index (κ1) is 12.9. The number of benzene rings is 1. The molecule has 0 atom stereocenters. The van der Waals surface area contributed by atoms with Crippen LogP contribution in [0.15, 0.2) is 47.1 Å². The van der Waals surface area contributed by atoms with Gasteiger partial charge in [0.1, 0.15) is 0 Å². The molecule has 0 saturated carbocycles. The zero-order valence-corrected chi connectivity index (χ0v) is 11.9. The lowest BCUT2D eigenvalue weighted by atomic mass is 10.2. The van der Waals surface area contributed by atoms with Gasteiger partial charge in [-0.2, -0.15) is 0 Å². The molecule has 100 valence electrons. The number of halogens is 1. The van der Waals surface area contributed by atoms with Gasteiger partial charge in [0.25, 0.3) is 0 Å². The van der Waals surface area contributed by atoms with Gasteiger partial charge in [0.2, 0.25) is 5.82 Å². The summed E-state index contributed by atoms with van der Waals surface area (Å²) in [4.78, 5) is 5.54. The minimum atomic E-state index is -0.149. The fourth-order valence-electron chi connectivity index (χ4n) is 1.78. The van der Waals surface area contributed by atoms with Crippen LogP contribution in [-0.4, -0.2) is 30.3 Å². The fourth-order valence-corrected chi connectivity index (χ4v) is 2.16. The van der Waals surface area contributed by atoms with Gasteiger partial charge in [0, 0.05) is 21.8 Å². The standard InChI is InChI=1S/C13H10BrN5O/c14-11-6-10(8-20)13(15-7-11)19-17-12(16-18-19)9-4-2-1-3-5-9/h1-7,20H,8H2. The maximum absolute atomic E-state index is 9.38. The van der Waals surface area contributed by atoms with Crippen LogP contribution < -0.4 is 0 Å². The lowest BCUT2D eigenvalue weighted by Gasteiger charge is -2.04. The number of aliphatic hydroxyl groups excluding tert-OH is 1. The van der Waals surface area contributed by atoms with Crippen LogP contribution in [0.3, 0.4) is 0 Å².